The maximum atomic E-state index is 14.9. The summed E-state index contributed by atoms with van der Waals surface area (Å²) in [6.07, 6.45) is 4.51. The zero-order valence-electron chi connectivity index (χ0n) is 22.8. The fraction of sp³-hybridized carbons (Fsp3) is 0.419. The van der Waals surface area contributed by atoms with Gasteiger partial charge in [0.2, 0.25) is 5.88 Å². The van der Waals surface area contributed by atoms with Crippen LogP contribution in [0, 0.1) is 17.0 Å². The number of methoxy groups -OCH3 is 1. The minimum atomic E-state index is -0.938. The van der Waals surface area contributed by atoms with E-state index in [1.807, 2.05) is 26.0 Å². The van der Waals surface area contributed by atoms with Crippen LogP contribution in [0.2, 0.25) is 0 Å². The first-order chi connectivity index (χ1) is 18.2. The maximum absolute atomic E-state index is 14.9. The molecular formula is C31H37F2NO4. The normalized spacial score (nSPS) is 15.9. The lowest BCUT2D eigenvalue weighted by Gasteiger charge is -2.30. The highest BCUT2D eigenvalue weighted by Crippen LogP contribution is 2.51. The lowest BCUT2D eigenvalue weighted by molar-refractivity contribution is -0.136. The van der Waals surface area contributed by atoms with Gasteiger partial charge in [-0.05, 0) is 65.0 Å². The third-order valence-corrected chi connectivity index (χ3v) is 7.04. The lowest BCUT2D eigenvalue weighted by Crippen LogP contribution is -2.17. The molecule has 1 N–H and O–H groups in total. The fourth-order valence-corrected chi connectivity index (χ4v) is 5.14. The Morgan fingerprint density at radius 2 is 1.84 bits per heavy atom. The number of hydrogen-bond donors (Lipinski definition) is 1. The van der Waals surface area contributed by atoms with Crippen LogP contribution in [0.15, 0.2) is 48.7 Å². The van der Waals surface area contributed by atoms with Gasteiger partial charge in [-0.3, -0.25) is 4.79 Å². The van der Waals surface area contributed by atoms with Gasteiger partial charge in [-0.2, -0.15) is 0 Å². The Balaban J connectivity index is 0.00000195. The van der Waals surface area contributed by atoms with Crippen molar-refractivity contribution in [1.82, 2.24) is 4.98 Å². The highest BCUT2D eigenvalue weighted by Gasteiger charge is 2.37. The van der Waals surface area contributed by atoms with Crippen molar-refractivity contribution in [3.63, 3.8) is 0 Å². The molecule has 4 rings (SSSR count). The van der Waals surface area contributed by atoms with Gasteiger partial charge in [-0.15, -0.1) is 0 Å². The van der Waals surface area contributed by atoms with Gasteiger partial charge >= 0.3 is 5.97 Å². The molecule has 38 heavy (non-hydrogen) atoms. The molecular weight excluding hydrogens is 488 g/mol. The minimum Gasteiger partial charge on any atom is -0.489 e. The van der Waals surface area contributed by atoms with Gasteiger partial charge in [0.25, 0.3) is 0 Å². The largest absolute Gasteiger partial charge is 0.489 e. The molecule has 204 valence electrons. The summed E-state index contributed by atoms with van der Waals surface area (Å²) in [5.41, 5.74) is 3.81. The predicted octanol–water partition coefficient (Wildman–Crippen LogP) is 7.95. The van der Waals surface area contributed by atoms with Crippen LogP contribution < -0.4 is 9.47 Å². The summed E-state index contributed by atoms with van der Waals surface area (Å²) in [5.74, 6) is -0.896. The SMILES string of the molecule is CC.COc1cc(-c2ccc(COc3cc(F)cc(CCC(=O)O)c3)cc2C2CCCC2(C)C)c(F)cn1. The second kappa shape index (κ2) is 12.9. The van der Waals surface area contributed by atoms with Gasteiger partial charge in [-0.1, -0.05) is 52.3 Å². The molecule has 2 aromatic carbocycles. The molecule has 1 aliphatic carbocycles. The van der Waals surface area contributed by atoms with E-state index >= 15 is 0 Å². The van der Waals surface area contributed by atoms with E-state index in [9.17, 15) is 13.6 Å². The molecule has 1 atom stereocenters. The third kappa shape index (κ3) is 7.09. The number of ether oxygens (including phenoxy) is 2. The number of halogens is 2. The van der Waals surface area contributed by atoms with Crippen LogP contribution in [0.5, 0.6) is 11.6 Å². The first-order valence-electron chi connectivity index (χ1n) is 13.1. The number of hydrogen-bond acceptors (Lipinski definition) is 4. The summed E-state index contributed by atoms with van der Waals surface area (Å²) in [6, 6.07) is 11.8. The summed E-state index contributed by atoms with van der Waals surface area (Å²) < 4.78 is 40.1. The van der Waals surface area contributed by atoms with Crippen LogP contribution in [0.25, 0.3) is 11.1 Å². The number of carboxylic acids is 1. The van der Waals surface area contributed by atoms with Crippen molar-refractivity contribution in [2.45, 2.75) is 72.3 Å². The van der Waals surface area contributed by atoms with Gasteiger partial charge in [0, 0.05) is 24.1 Å². The number of nitrogens with zero attached hydrogens (tertiary/aromatic N) is 1. The molecule has 1 aliphatic rings. The molecule has 1 fully saturated rings. The standard InChI is InChI=1S/C29H31F2NO4.C2H6/c1-29(2)10-4-5-25(29)23-13-19(6-8-22(23)24-15-27(35-3)32-16-26(24)31)17-36-21-12-18(7-9-28(33)34)11-20(30)14-21;1-2/h6,8,11-16,25H,4-5,7,9-10,17H2,1-3H3,(H,33,34);1-2H3. The molecule has 1 unspecified atom stereocenters. The second-order valence-corrected chi connectivity index (χ2v) is 10.0. The number of aryl methyl sites for hydroxylation is 1. The Hall–Kier alpha value is -3.48. The summed E-state index contributed by atoms with van der Waals surface area (Å²) in [7, 11) is 1.50. The van der Waals surface area contributed by atoms with Crippen molar-refractivity contribution in [2.75, 3.05) is 7.11 Å². The fourth-order valence-electron chi connectivity index (χ4n) is 5.14. The second-order valence-electron chi connectivity index (χ2n) is 10.0. The molecule has 0 saturated heterocycles. The first-order valence-corrected chi connectivity index (χ1v) is 13.1. The monoisotopic (exact) mass is 525 g/mol. The van der Waals surface area contributed by atoms with Gasteiger partial charge in [0.1, 0.15) is 24.0 Å². The van der Waals surface area contributed by atoms with Crippen LogP contribution >= 0.6 is 0 Å². The third-order valence-electron chi connectivity index (χ3n) is 7.04. The molecule has 7 heteroatoms. The van der Waals surface area contributed by atoms with E-state index in [1.54, 1.807) is 12.1 Å². The maximum Gasteiger partial charge on any atom is 0.303 e. The zero-order valence-corrected chi connectivity index (χ0v) is 22.8. The highest BCUT2D eigenvalue weighted by atomic mass is 19.1. The number of pyridine rings is 1. The van der Waals surface area contributed by atoms with Crippen molar-refractivity contribution >= 4 is 5.97 Å². The Bertz CT molecular complexity index is 1260. The molecule has 0 spiro atoms. The van der Waals surface area contributed by atoms with E-state index in [0.29, 0.717) is 22.8 Å². The van der Waals surface area contributed by atoms with E-state index in [0.717, 1.165) is 36.0 Å². The Morgan fingerprint density at radius 3 is 2.50 bits per heavy atom. The number of rotatable bonds is 9. The van der Waals surface area contributed by atoms with Crippen LogP contribution in [0.4, 0.5) is 8.78 Å². The van der Waals surface area contributed by atoms with Gasteiger partial charge in [-0.25, -0.2) is 13.8 Å². The van der Waals surface area contributed by atoms with Crippen LogP contribution in [-0.4, -0.2) is 23.2 Å². The molecule has 1 saturated carbocycles. The van der Waals surface area contributed by atoms with Crippen LogP contribution in [0.1, 0.15) is 76.0 Å². The van der Waals surface area contributed by atoms with Crippen molar-refractivity contribution < 1.29 is 28.2 Å². The number of aromatic nitrogens is 1. The van der Waals surface area contributed by atoms with E-state index in [4.69, 9.17) is 14.6 Å². The Morgan fingerprint density at radius 1 is 1.08 bits per heavy atom. The van der Waals surface area contributed by atoms with Gasteiger partial charge in [0.05, 0.1) is 13.3 Å². The van der Waals surface area contributed by atoms with Gasteiger partial charge in [0.15, 0.2) is 0 Å². The van der Waals surface area contributed by atoms with E-state index < -0.39 is 17.6 Å². The summed E-state index contributed by atoms with van der Waals surface area (Å²) in [5, 5.41) is 8.91. The molecule has 0 amide bonds. The Kier molecular flexibility index (Phi) is 9.84. The molecule has 5 nitrogen and oxygen atoms in total. The Labute approximate surface area is 223 Å². The number of carboxylic acid groups (broad SMARTS) is 1. The number of aliphatic carboxylic acids is 1. The molecule has 0 radical (unpaired) electrons. The van der Waals surface area contributed by atoms with Crippen LogP contribution in [0.3, 0.4) is 0 Å². The number of carbonyl (C=O) groups is 1. The van der Waals surface area contributed by atoms with E-state index in [1.165, 1.54) is 25.4 Å². The molecule has 3 aromatic rings. The summed E-state index contributed by atoms with van der Waals surface area (Å²) >= 11 is 0. The summed E-state index contributed by atoms with van der Waals surface area (Å²) in [4.78, 5) is 14.8. The summed E-state index contributed by atoms with van der Waals surface area (Å²) in [6.45, 7) is 8.68. The van der Waals surface area contributed by atoms with Gasteiger partial charge < -0.3 is 14.6 Å². The quantitative estimate of drug-likeness (QED) is 0.307. The van der Waals surface area contributed by atoms with E-state index in [2.05, 4.69) is 24.9 Å². The average molecular weight is 526 g/mol. The van der Waals surface area contributed by atoms with Crippen molar-refractivity contribution in [3.05, 3.63) is 77.0 Å². The molecule has 1 aromatic heterocycles. The molecule has 0 bridgehead atoms. The van der Waals surface area contributed by atoms with Crippen molar-refractivity contribution in [1.29, 1.82) is 0 Å². The lowest BCUT2D eigenvalue weighted by atomic mass is 9.75. The average Bonchev–Trinajstić information content (AvgIpc) is 3.26. The minimum absolute atomic E-state index is 0.0590. The number of benzene rings is 2. The zero-order chi connectivity index (χ0) is 27.9. The van der Waals surface area contributed by atoms with E-state index in [-0.39, 0.29) is 30.8 Å². The van der Waals surface area contributed by atoms with Crippen LogP contribution in [-0.2, 0) is 17.8 Å². The first kappa shape index (κ1) is 29.1. The predicted molar refractivity (Wildman–Crippen MR) is 145 cm³/mol. The molecule has 1 heterocycles. The highest BCUT2D eigenvalue weighted by molar-refractivity contribution is 5.70. The molecule has 0 aliphatic heterocycles. The van der Waals surface area contributed by atoms with Crippen molar-refractivity contribution in [3.8, 4) is 22.8 Å². The van der Waals surface area contributed by atoms with Crippen molar-refractivity contribution in [2.24, 2.45) is 5.41 Å². The topological polar surface area (TPSA) is 68.7 Å². The smallest absolute Gasteiger partial charge is 0.303 e.